The Labute approximate surface area is 110 Å². The molecule has 0 fully saturated rings. The highest BCUT2D eigenvalue weighted by Crippen LogP contribution is 2.28. The molecule has 0 unspecified atom stereocenters. The Bertz CT molecular complexity index is 623. The molecule has 5 heteroatoms. The molecule has 0 amide bonds. The molecule has 0 aliphatic carbocycles. The first kappa shape index (κ1) is 12.4. The fraction of sp³-hybridized carbons (Fsp3) is 0.154. The van der Waals surface area contributed by atoms with Gasteiger partial charge in [0.05, 0.1) is 5.69 Å². The summed E-state index contributed by atoms with van der Waals surface area (Å²) in [5, 5.41) is 22.2. The van der Waals surface area contributed by atoms with Crippen LogP contribution < -0.4 is 5.32 Å². The van der Waals surface area contributed by atoms with Gasteiger partial charge in [-0.1, -0.05) is 24.4 Å². The first-order valence-corrected chi connectivity index (χ1v) is 5.92. The van der Waals surface area contributed by atoms with Crippen molar-refractivity contribution in [3.8, 4) is 11.5 Å². The van der Waals surface area contributed by atoms with E-state index in [9.17, 15) is 10.2 Å². The minimum atomic E-state index is -0.113. The Kier molecular flexibility index (Phi) is 3.53. The van der Waals surface area contributed by atoms with Gasteiger partial charge in [0.25, 0.3) is 0 Å². The second-order valence-electron chi connectivity index (χ2n) is 4.04. The van der Waals surface area contributed by atoms with Crippen molar-refractivity contribution in [3.05, 3.63) is 46.2 Å². The lowest BCUT2D eigenvalue weighted by molar-refractivity contribution is 0.400. The maximum absolute atomic E-state index is 9.66. The van der Waals surface area contributed by atoms with E-state index in [1.54, 1.807) is 18.3 Å². The van der Waals surface area contributed by atoms with E-state index in [0.29, 0.717) is 16.7 Å². The smallest absolute Gasteiger partial charge is 0.162 e. The normalized spacial score (nSPS) is 10.3. The molecular weight excluding hydrogens is 248 g/mol. The molecule has 1 aromatic heterocycles. The lowest BCUT2D eigenvalue weighted by Gasteiger charge is -2.09. The number of aromatic hydroxyl groups is 2. The van der Waals surface area contributed by atoms with Gasteiger partial charge in [0.15, 0.2) is 11.5 Å². The number of phenols is 2. The molecule has 0 atom stereocenters. The monoisotopic (exact) mass is 262 g/mol. The van der Waals surface area contributed by atoms with Crippen molar-refractivity contribution in [3.63, 3.8) is 0 Å². The Balaban J connectivity index is 2.14. The Morgan fingerprint density at radius 3 is 2.83 bits per heavy atom. The number of H-pyrrole nitrogens is 1. The fourth-order valence-corrected chi connectivity index (χ4v) is 1.74. The average molecular weight is 262 g/mol. The number of pyridine rings is 1. The van der Waals surface area contributed by atoms with Crippen molar-refractivity contribution in [2.75, 3.05) is 5.32 Å². The van der Waals surface area contributed by atoms with Crippen LogP contribution in [0.2, 0.25) is 0 Å². The van der Waals surface area contributed by atoms with Crippen LogP contribution in [0.1, 0.15) is 11.1 Å². The van der Waals surface area contributed by atoms with Crippen molar-refractivity contribution in [1.29, 1.82) is 0 Å². The summed E-state index contributed by atoms with van der Waals surface area (Å²) in [5.74, 6) is -0.205. The van der Waals surface area contributed by atoms with Gasteiger partial charge < -0.3 is 20.5 Å². The van der Waals surface area contributed by atoms with Crippen LogP contribution in [0.4, 0.5) is 5.69 Å². The zero-order valence-corrected chi connectivity index (χ0v) is 10.7. The van der Waals surface area contributed by atoms with Crippen molar-refractivity contribution in [2.24, 2.45) is 0 Å². The molecule has 94 valence electrons. The van der Waals surface area contributed by atoms with Gasteiger partial charge in [-0.05, 0) is 24.6 Å². The zero-order valence-electron chi connectivity index (χ0n) is 9.90. The summed E-state index contributed by atoms with van der Waals surface area (Å²) in [5.41, 5.74) is 2.49. The molecule has 1 aromatic carbocycles. The number of aromatic amines is 1. The maximum Gasteiger partial charge on any atom is 0.162 e. The first-order chi connectivity index (χ1) is 8.58. The van der Waals surface area contributed by atoms with E-state index in [0.717, 1.165) is 11.3 Å². The Morgan fingerprint density at radius 1 is 1.33 bits per heavy atom. The third kappa shape index (κ3) is 2.62. The van der Waals surface area contributed by atoms with E-state index in [1.165, 1.54) is 6.07 Å². The minimum absolute atomic E-state index is 0.0920. The van der Waals surface area contributed by atoms with Crippen LogP contribution in [0.5, 0.6) is 11.5 Å². The molecule has 4 nitrogen and oxygen atoms in total. The van der Waals surface area contributed by atoms with Gasteiger partial charge in [0.2, 0.25) is 0 Å². The molecule has 2 rings (SSSR count). The van der Waals surface area contributed by atoms with Crippen molar-refractivity contribution in [1.82, 2.24) is 4.98 Å². The van der Waals surface area contributed by atoms with Gasteiger partial charge in [-0.2, -0.15) is 0 Å². The predicted octanol–water partition coefficient (Wildman–Crippen LogP) is 3.08. The van der Waals surface area contributed by atoms with Gasteiger partial charge in [-0.25, -0.2) is 0 Å². The van der Waals surface area contributed by atoms with Crippen LogP contribution in [0.3, 0.4) is 0 Å². The largest absolute Gasteiger partial charge is 0.504 e. The van der Waals surface area contributed by atoms with Crippen LogP contribution in [-0.4, -0.2) is 15.2 Å². The van der Waals surface area contributed by atoms with Gasteiger partial charge in [0.1, 0.15) is 4.64 Å². The van der Waals surface area contributed by atoms with Gasteiger partial charge in [-0.15, -0.1) is 0 Å². The number of anilines is 1. The summed E-state index contributed by atoms with van der Waals surface area (Å²) in [6.45, 7) is 2.35. The maximum atomic E-state index is 9.66. The highest BCUT2D eigenvalue weighted by atomic mass is 32.1. The van der Waals surface area contributed by atoms with Crippen LogP contribution in [0.25, 0.3) is 0 Å². The standard InChI is InChI=1S/C13H14N2O2S/c1-8-5-10(7-15-13(8)18)14-6-9-3-2-4-11(16)12(9)17/h2-5,7,14,16-17H,6H2,1H3,(H,15,18). The van der Waals surface area contributed by atoms with Gasteiger partial charge >= 0.3 is 0 Å². The molecule has 1 heterocycles. The van der Waals surface area contributed by atoms with E-state index in [-0.39, 0.29) is 11.5 Å². The summed E-state index contributed by atoms with van der Waals surface area (Å²) in [4.78, 5) is 2.97. The number of phenolic OH excluding ortho intramolecular Hbond substituents is 2. The summed E-state index contributed by atoms with van der Waals surface area (Å²) in [6, 6.07) is 6.82. The molecule has 0 aliphatic rings. The highest BCUT2D eigenvalue weighted by molar-refractivity contribution is 7.71. The lowest BCUT2D eigenvalue weighted by Crippen LogP contribution is -2.00. The molecule has 0 saturated heterocycles. The lowest BCUT2D eigenvalue weighted by atomic mass is 10.2. The third-order valence-corrected chi connectivity index (χ3v) is 3.11. The molecule has 4 N–H and O–H groups in total. The predicted molar refractivity (Wildman–Crippen MR) is 73.5 cm³/mol. The molecule has 2 aromatic rings. The molecule has 0 spiro atoms. The van der Waals surface area contributed by atoms with Crippen LogP contribution in [-0.2, 0) is 6.54 Å². The molecule has 0 aliphatic heterocycles. The van der Waals surface area contributed by atoms with E-state index in [4.69, 9.17) is 12.2 Å². The summed E-state index contributed by atoms with van der Waals surface area (Å²) < 4.78 is 0.709. The van der Waals surface area contributed by atoms with Crippen LogP contribution in [0, 0.1) is 11.6 Å². The third-order valence-electron chi connectivity index (χ3n) is 2.67. The molecule has 0 bridgehead atoms. The fourth-order valence-electron chi connectivity index (χ4n) is 1.62. The molecule has 0 radical (unpaired) electrons. The van der Waals surface area contributed by atoms with Crippen molar-refractivity contribution in [2.45, 2.75) is 13.5 Å². The second kappa shape index (κ2) is 5.10. The number of aryl methyl sites for hydroxylation is 1. The number of rotatable bonds is 3. The average Bonchev–Trinajstić information content (AvgIpc) is 2.35. The van der Waals surface area contributed by atoms with E-state index < -0.39 is 0 Å². The number of aromatic nitrogens is 1. The van der Waals surface area contributed by atoms with E-state index >= 15 is 0 Å². The summed E-state index contributed by atoms with van der Waals surface area (Å²) in [6.07, 6.45) is 1.77. The zero-order chi connectivity index (χ0) is 13.1. The number of para-hydroxylation sites is 1. The highest BCUT2D eigenvalue weighted by Gasteiger charge is 2.05. The molecule has 0 saturated carbocycles. The Morgan fingerprint density at radius 2 is 2.11 bits per heavy atom. The molecule has 18 heavy (non-hydrogen) atoms. The second-order valence-corrected chi connectivity index (χ2v) is 4.45. The summed E-state index contributed by atoms with van der Waals surface area (Å²) in [7, 11) is 0. The number of hydrogen-bond acceptors (Lipinski definition) is 4. The number of benzene rings is 1. The van der Waals surface area contributed by atoms with E-state index in [1.807, 2.05) is 13.0 Å². The van der Waals surface area contributed by atoms with Crippen LogP contribution >= 0.6 is 12.2 Å². The van der Waals surface area contributed by atoms with Gasteiger partial charge in [0, 0.05) is 18.3 Å². The topological polar surface area (TPSA) is 68.3 Å². The SMILES string of the molecule is Cc1cc(NCc2cccc(O)c2O)c[nH]c1=S. The van der Waals surface area contributed by atoms with E-state index in [2.05, 4.69) is 10.3 Å². The molecular formula is C13H14N2O2S. The Hall–Kier alpha value is -2.01. The van der Waals surface area contributed by atoms with Crippen molar-refractivity contribution < 1.29 is 10.2 Å². The quantitative estimate of drug-likeness (QED) is 0.507. The first-order valence-electron chi connectivity index (χ1n) is 5.51. The number of nitrogens with one attached hydrogen (secondary N) is 2. The van der Waals surface area contributed by atoms with Gasteiger partial charge in [-0.3, -0.25) is 0 Å². The summed E-state index contributed by atoms with van der Waals surface area (Å²) >= 11 is 5.07. The minimum Gasteiger partial charge on any atom is -0.504 e. The van der Waals surface area contributed by atoms with Crippen molar-refractivity contribution >= 4 is 17.9 Å². The van der Waals surface area contributed by atoms with Crippen LogP contribution in [0.15, 0.2) is 30.5 Å². The number of hydrogen-bond donors (Lipinski definition) is 4.